The van der Waals surface area contributed by atoms with Crippen molar-refractivity contribution in [2.75, 3.05) is 7.11 Å². The van der Waals surface area contributed by atoms with E-state index in [1.165, 1.54) is 0 Å². The van der Waals surface area contributed by atoms with Crippen LogP contribution in [0.4, 0.5) is 0 Å². The van der Waals surface area contributed by atoms with Gasteiger partial charge in [-0.05, 0) is 12.1 Å². The molecule has 1 rings (SSSR count). The Balaban J connectivity index is 0.000000371. The van der Waals surface area contributed by atoms with Gasteiger partial charge in [-0.3, -0.25) is 10.0 Å². The van der Waals surface area contributed by atoms with Crippen molar-refractivity contribution in [3.05, 3.63) is 30.3 Å². The number of hydrogen-bond donors (Lipinski definition) is 0. The first-order chi connectivity index (χ1) is 4.93. The fraction of sp³-hybridized carbons (Fsp3) is 0.143. The number of hydrogen-bond acceptors (Lipinski definition) is 1. The van der Waals surface area contributed by atoms with Crippen molar-refractivity contribution in [3.63, 3.8) is 0 Å². The van der Waals surface area contributed by atoms with Crippen molar-refractivity contribution in [2.24, 2.45) is 0 Å². The molecule has 3 heteroatoms. The molecule has 0 aromatic heterocycles. The highest BCUT2D eigenvalue weighted by Crippen LogP contribution is 2.05. The van der Waals surface area contributed by atoms with Crippen LogP contribution in [0.3, 0.4) is 0 Å². The van der Waals surface area contributed by atoms with Crippen LogP contribution in [0.15, 0.2) is 30.3 Å². The van der Waals surface area contributed by atoms with Gasteiger partial charge < -0.3 is 4.74 Å². The summed E-state index contributed by atoms with van der Waals surface area (Å²) in [6, 6.07) is 9.68. The standard InChI is InChI=1S/C7H8O.Al.ClH.2H/c1-8-7-5-3-2-4-6-7;;;;/h2-6H,1H3;;1H;;/q;+1;;;/p-1. The highest BCUT2D eigenvalue weighted by molar-refractivity contribution is 6.80. The van der Waals surface area contributed by atoms with Gasteiger partial charge in [0.25, 0.3) is 0 Å². The molecule has 0 N–H and O–H groups in total. The minimum Gasteiger partial charge on any atom is -0.497 e. The molecule has 0 atom stereocenters. The number of ether oxygens (including phenoxy) is 1. The van der Waals surface area contributed by atoms with Crippen LogP contribution >= 0.6 is 10.0 Å². The summed E-state index contributed by atoms with van der Waals surface area (Å²) >= 11 is 0.778. The van der Waals surface area contributed by atoms with Gasteiger partial charge in [-0.2, -0.15) is 0 Å². The van der Waals surface area contributed by atoms with Gasteiger partial charge >= 0.3 is 15.4 Å². The number of halogens is 1. The van der Waals surface area contributed by atoms with Gasteiger partial charge in [0.1, 0.15) is 5.75 Å². The quantitative estimate of drug-likeness (QED) is 0.583. The molecule has 0 fully saturated rings. The molecule has 1 nitrogen and oxygen atoms in total. The minimum atomic E-state index is 0.778. The highest BCUT2D eigenvalue weighted by Gasteiger charge is 1.80. The molecule has 0 aliphatic carbocycles. The molecular weight excluding hydrogens is 163 g/mol. The third-order valence-electron chi connectivity index (χ3n) is 0.979. The molecule has 0 saturated heterocycles. The van der Waals surface area contributed by atoms with Crippen molar-refractivity contribution in [3.8, 4) is 5.75 Å². The Morgan fingerprint density at radius 1 is 1.20 bits per heavy atom. The van der Waals surface area contributed by atoms with E-state index in [2.05, 4.69) is 0 Å². The van der Waals surface area contributed by atoms with E-state index < -0.39 is 0 Å². The number of para-hydroxylation sites is 1. The summed E-state index contributed by atoms with van der Waals surface area (Å²) in [6.45, 7) is 0. The predicted molar refractivity (Wildman–Crippen MR) is 47.4 cm³/mol. The molecule has 10 heavy (non-hydrogen) atoms. The van der Waals surface area contributed by atoms with Gasteiger partial charge in [-0.1, -0.05) is 18.2 Å². The molecule has 0 saturated carbocycles. The summed E-state index contributed by atoms with van der Waals surface area (Å²) in [4.78, 5) is 0. The van der Waals surface area contributed by atoms with E-state index in [-0.39, 0.29) is 0 Å². The van der Waals surface area contributed by atoms with E-state index in [0.717, 1.165) is 21.1 Å². The number of methoxy groups -OCH3 is 1. The van der Waals surface area contributed by atoms with Crippen LogP contribution < -0.4 is 4.74 Å². The van der Waals surface area contributed by atoms with Gasteiger partial charge in [0.05, 0.1) is 7.11 Å². The van der Waals surface area contributed by atoms with Gasteiger partial charge in [0.2, 0.25) is 0 Å². The summed E-state index contributed by atoms with van der Waals surface area (Å²) in [6.07, 6.45) is 0. The zero-order chi connectivity index (χ0) is 7.82. The van der Waals surface area contributed by atoms with Crippen molar-refractivity contribution in [1.29, 1.82) is 0 Å². The second-order valence-electron chi connectivity index (χ2n) is 1.52. The van der Waals surface area contributed by atoms with Crippen molar-refractivity contribution in [1.82, 2.24) is 0 Å². The molecule has 0 radical (unpaired) electrons. The van der Waals surface area contributed by atoms with Gasteiger partial charge in [0, 0.05) is 0 Å². The smallest absolute Gasteiger partial charge is 0.353 e. The summed E-state index contributed by atoms with van der Waals surface area (Å²) in [5, 5.41) is 0. The fourth-order valence-corrected chi connectivity index (χ4v) is 0.557. The van der Waals surface area contributed by atoms with Crippen LogP contribution in [0.1, 0.15) is 0 Å². The fourth-order valence-electron chi connectivity index (χ4n) is 0.557. The second kappa shape index (κ2) is 6.96. The Bertz CT molecular complexity index is 155. The van der Waals surface area contributed by atoms with Crippen LogP contribution in [0.5, 0.6) is 5.75 Å². The average Bonchev–Trinajstić information content (AvgIpc) is 2.10. The van der Waals surface area contributed by atoms with Crippen LogP contribution in [0.2, 0.25) is 0 Å². The molecule has 0 aliphatic rings. The van der Waals surface area contributed by atoms with Gasteiger partial charge in [-0.25, -0.2) is 0 Å². The Morgan fingerprint density at radius 3 is 2.00 bits per heavy atom. The lowest BCUT2D eigenvalue weighted by atomic mass is 10.3. The van der Waals surface area contributed by atoms with Crippen LogP contribution in [0.25, 0.3) is 0 Å². The van der Waals surface area contributed by atoms with E-state index in [1.54, 1.807) is 7.11 Å². The minimum absolute atomic E-state index is 0.778. The summed E-state index contributed by atoms with van der Waals surface area (Å²) in [5.74, 6) is 0.910. The Hall–Kier alpha value is -0.158. The monoisotopic (exact) mass is 172 g/mol. The third kappa shape index (κ3) is 3.79. The predicted octanol–water partition coefficient (Wildman–Crippen LogP) is 1.47. The molecule has 0 amide bonds. The molecular formula is C7H10AlClO. The average molecular weight is 173 g/mol. The SMILES string of the molecule is COc1ccccc1.[AlH2][Cl]. The van der Waals surface area contributed by atoms with Crippen LogP contribution in [-0.2, 0) is 0 Å². The molecule has 0 spiro atoms. The van der Waals surface area contributed by atoms with E-state index >= 15 is 0 Å². The lowest BCUT2D eigenvalue weighted by molar-refractivity contribution is 0.415. The molecule has 54 valence electrons. The van der Waals surface area contributed by atoms with E-state index in [9.17, 15) is 0 Å². The van der Waals surface area contributed by atoms with E-state index in [1.807, 2.05) is 30.3 Å². The first-order valence-electron chi connectivity index (χ1n) is 2.90. The maximum absolute atomic E-state index is 4.91. The Morgan fingerprint density at radius 2 is 1.70 bits per heavy atom. The van der Waals surface area contributed by atoms with Gasteiger partial charge in [-0.15, -0.1) is 0 Å². The number of benzene rings is 1. The zero-order valence-electron chi connectivity index (χ0n) is 6.17. The second-order valence-corrected chi connectivity index (χ2v) is 1.52. The van der Waals surface area contributed by atoms with E-state index in [0.29, 0.717) is 0 Å². The highest BCUT2D eigenvalue weighted by atomic mass is 35.6. The topological polar surface area (TPSA) is 9.23 Å². The van der Waals surface area contributed by atoms with E-state index in [4.69, 9.17) is 14.8 Å². The van der Waals surface area contributed by atoms with Crippen molar-refractivity contribution in [2.45, 2.75) is 0 Å². The summed E-state index contributed by atoms with van der Waals surface area (Å²) in [7, 11) is 6.44. The maximum Gasteiger partial charge on any atom is 0.353 e. The number of rotatable bonds is 1. The lowest BCUT2D eigenvalue weighted by Gasteiger charge is -1.93. The maximum atomic E-state index is 4.91. The molecule has 0 heterocycles. The Kier molecular flexibility index (Phi) is 6.85. The van der Waals surface area contributed by atoms with Crippen LogP contribution in [-0.4, -0.2) is 22.5 Å². The molecule has 1 aromatic rings. The first-order valence-corrected chi connectivity index (χ1v) is 5.92. The van der Waals surface area contributed by atoms with Crippen molar-refractivity contribution < 1.29 is 4.74 Å². The summed E-state index contributed by atoms with van der Waals surface area (Å²) < 4.78 is 4.91. The largest absolute Gasteiger partial charge is 0.497 e. The summed E-state index contributed by atoms with van der Waals surface area (Å²) in [5.41, 5.74) is 0. The molecule has 0 aliphatic heterocycles. The van der Waals surface area contributed by atoms with Crippen molar-refractivity contribution >= 4 is 25.4 Å². The van der Waals surface area contributed by atoms with Crippen LogP contribution in [0, 0.1) is 0 Å². The van der Waals surface area contributed by atoms with Gasteiger partial charge in [0.15, 0.2) is 0 Å². The molecule has 1 aromatic carbocycles. The zero-order valence-corrected chi connectivity index (χ0v) is 8.93. The first kappa shape index (κ1) is 9.84. The molecule has 0 bridgehead atoms. The Labute approximate surface area is 73.6 Å². The lowest BCUT2D eigenvalue weighted by Crippen LogP contribution is -1.78. The normalized spacial score (nSPS) is 7.40. The molecule has 0 unspecified atom stereocenters. The third-order valence-corrected chi connectivity index (χ3v) is 0.979.